The van der Waals surface area contributed by atoms with Gasteiger partial charge in [0.25, 0.3) is 5.91 Å². The van der Waals surface area contributed by atoms with Crippen molar-refractivity contribution in [3.05, 3.63) is 22.7 Å². The molecule has 6 nitrogen and oxygen atoms in total. The summed E-state index contributed by atoms with van der Waals surface area (Å²) in [6, 6.07) is 0. The summed E-state index contributed by atoms with van der Waals surface area (Å²) < 4.78 is 0.935. The minimum atomic E-state index is 0.0381. The molecule has 3 rings (SSSR count). The topological polar surface area (TPSA) is 74.8 Å². The first-order valence-electron chi connectivity index (χ1n) is 6.85. The van der Waals surface area contributed by atoms with Crippen LogP contribution in [0.25, 0.3) is 0 Å². The van der Waals surface area contributed by atoms with E-state index in [9.17, 15) is 4.79 Å². The number of hydrogen-bond donors (Lipinski definition) is 1. The van der Waals surface area contributed by atoms with Crippen LogP contribution < -0.4 is 0 Å². The van der Waals surface area contributed by atoms with Gasteiger partial charge in [0.2, 0.25) is 0 Å². The van der Waals surface area contributed by atoms with Crippen molar-refractivity contribution in [3.8, 4) is 0 Å². The number of amides is 1. The van der Waals surface area contributed by atoms with E-state index in [1.54, 1.807) is 11.8 Å². The summed E-state index contributed by atoms with van der Waals surface area (Å²) in [6.45, 7) is 3.38. The fourth-order valence-electron chi connectivity index (χ4n) is 2.49. The molecule has 0 saturated carbocycles. The second kappa shape index (κ2) is 6.15. The summed E-state index contributed by atoms with van der Waals surface area (Å²) in [5, 5.41) is 8.96. The molecule has 1 amide bonds. The third kappa shape index (κ3) is 3.11. The van der Waals surface area contributed by atoms with E-state index in [0.717, 1.165) is 41.9 Å². The van der Waals surface area contributed by atoms with Gasteiger partial charge in [0.1, 0.15) is 15.9 Å². The van der Waals surface area contributed by atoms with Crippen molar-refractivity contribution >= 4 is 29.0 Å². The highest BCUT2D eigenvalue weighted by atomic mass is 32.2. The van der Waals surface area contributed by atoms with Gasteiger partial charge >= 0.3 is 0 Å². The molecule has 3 heterocycles. The van der Waals surface area contributed by atoms with E-state index in [-0.39, 0.29) is 5.91 Å². The van der Waals surface area contributed by atoms with Gasteiger partial charge < -0.3 is 4.90 Å². The SMILES string of the molecule is CSc1nc(C(=O)N2CCC(c3n[nH]c(C)n3)CC2)cs1. The lowest BCUT2D eigenvalue weighted by molar-refractivity contribution is 0.0705. The summed E-state index contributed by atoms with van der Waals surface area (Å²) in [6.07, 6.45) is 3.78. The quantitative estimate of drug-likeness (QED) is 0.877. The molecule has 0 aliphatic carbocycles. The van der Waals surface area contributed by atoms with Crippen LogP contribution in [-0.4, -0.2) is 50.3 Å². The zero-order valence-electron chi connectivity index (χ0n) is 12.0. The molecule has 2 aromatic heterocycles. The van der Waals surface area contributed by atoms with Crippen LogP contribution in [0.3, 0.4) is 0 Å². The first-order valence-corrected chi connectivity index (χ1v) is 8.95. The highest BCUT2D eigenvalue weighted by molar-refractivity contribution is 8.00. The summed E-state index contributed by atoms with van der Waals surface area (Å²) in [5.74, 6) is 2.10. The largest absolute Gasteiger partial charge is 0.337 e. The van der Waals surface area contributed by atoms with Crippen LogP contribution in [0.5, 0.6) is 0 Å². The number of hydrogen-bond acceptors (Lipinski definition) is 6. The first-order chi connectivity index (χ1) is 10.2. The first kappa shape index (κ1) is 14.5. The van der Waals surface area contributed by atoms with E-state index in [1.807, 2.05) is 23.5 Å². The van der Waals surface area contributed by atoms with Gasteiger partial charge in [-0.15, -0.1) is 11.3 Å². The molecule has 0 bridgehead atoms. The molecule has 2 aromatic rings. The van der Waals surface area contributed by atoms with Gasteiger partial charge in [-0.05, 0) is 26.0 Å². The fraction of sp³-hybridized carbons (Fsp3) is 0.538. The number of nitrogens with zero attached hydrogens (tertiary/aromatic N) is 4. The Bertz CT molecular complexity index is 630. The number of likely N-dealkylation sites (tertiary alicyclic amines) is 1. The predicted molar refractivity (Wildman–Crippen MR) is 82.9 cm³/mol. The van der Waals surface area contributed by atoms with Gasteiger partial charge in [0.15, 0.2) is 5.82 Å². The average molecular weight is 323 g/mol. The van der Waals surface area contributed by atoms with Crippen LogP contribution in [0.4, 0.5) is 0 Å². The third-order valence-corrected chi connectivity index (χ3v) is 5.50. The second-order valence-electron chi connectivity index (χ2n) is 5.05. The van der Waals surface area contributed by atoms with Crippen molar-refractivity contribution in [2.75, 3.05) is 19.3 Å². The Morgan fingerprint density at radius 3 is 2.76 bits per heavy atom. The molecule has 1 aliphatic heterocycles. The Balaban J connectivity index is 1.61. The Morgan fingerprint density at radius 2 is 2.19 bits per heavy atom. The van der Waals surface area contributed by atoms with Gasteiger partial charge in [0, 0.05) is 24.4 Å². The normalized spacial score (nSPS) is 16.4. The molecule has 0 spiro atoms. The number of carbonyl (C=O) groups is 1. The highest BCUT2D eigenvalue weighted by Gasteiger charge is 2.27. The van der Waals surface area contributed by atoms with Crippen LogP contribution >= 0.6 is 23.1 Å². The standard InChI is InChI=1S/C13H17N5OS2/c1-8-14-11(17-16-8)9-3-5-18(6-4-9)12(19)10-7-21-13(15-10)20-2/h7,9H,3-6H2,1-2H3,(H,14,16,17). The molecule has 0 atom stereocenters. The van der Waals surface area contributed by atoms with Crippen molar-refractivity contribution < 1.29 is 4.79 Å². The number of aromatic amines is 1. The lowest BCUT2D eigenvalue weighted by Gasteiger charge is -2.30. The summed E-state index contributed by atoms with van der Waals surface area (Å²) in [7, 11) is 0. The van der Waals surface area contributed by atoms with E-state index >= 15 is 0 Å². The number of thiazole rings is 1. The van der Waals surface area contributed by atoms with Crippen LogP contribution in [-0.2, 0) is 0 Å². The number of nitrogens with one attached hydrogen (secondary N) is 1. The van der Waals surface area contributed by atoms with Crippen molar-refractivity contribution in [2.45, 2.75) is 30.0 Å². The molecule has 1 N–H and O–H groups in total. The molecule has 0 radical (unpaired) electrons. The maximum atomic E-state index is 12.4. The maximum Gasteiger partial charge on any atom is 0.273 e. The molecular formula is C13H17N5OS2. The monoisotopic (exact) mass is 323 g/mol. The van der Waals surface area contributed by atoms with E-state index in [4.69, 9.17) is 0 Å². The molecule has 112 valence electrons. The number of aromatic nitrogens is 4. The minimum absolute atomic E-state index is 0.0381. The lowest BCUT2D eigenvalue weighted by atomic mass is 9.96. The summed E-state index contributed by atoms with van der Waals surface area (Å²) in [4.78, 5) is 23.0. The number of H-pyrrole nitrogens is 1. The van der Waals surface area contributed by atoms with Gasteiger partial charge in [-0.2, -0.15) is 5.10 Å². The molecule has 0 aromatic carbocycles. The Labute approximate surface area is 131 Å². The lowest BCUT2D eigenvalue weighted by Crippen LogP contribution is -2.38. The van der Waals surface area contributed by atoms with Crippen molar-refractivity contribution in [2.24, 2.45) is 0 Å². The van der Waals surface area contributed by atoms with Crippen molar-refractivity contribution in [1.82, 2.24) is 25.1 Å². The highest BCUT2D eigenvalue weighted by Crippen LogP contribution is 2.27. The molecular weight excluding hydrogens is 306 g/mol. The predicted octanol–water partition coefficient (Wildman–Crippen LogP) is 2.31. The average Bonchev–Trinajstić information content (AvgIpc) is 3.15. The summed E-state index contributed by atoms with van der Waals surface area (Å²) >= 11 is 3.09. The van der Waals surface area contributed by atoms with Gasteiger partial charge in [0.05, 0.1) is 0 Å². The van der Waals surface area contributed by atoms with Gasteiger partial charge in [-0.3, -0.25) is 9.89 Å². The van der Waals surface area contributed by atoms with Crippen LogP contribution in [0.1, 0.15) is 40.9 Å². The third-order valence-electron chi connectivity index (χ3n) is 3.64. The summed E-state index contributed by atoms with van der Waals surface area (Å²) in [5.41, 5.74) is 0.566. The number of carbonyl (C=O) groups excluding carboxylic acids is 1. The zero-order chi connectivity index (χ0) is 14.8. The van der Waals surface area contributed by atoms with E-state index in [1.165, 1.54) is 11.3 Å². The van der Waals surface area contributed by atoms with Gasteiger partial charge in [-0.25, -0.2) is 9.97 Å². The minimum Gasteiger partial charge on any atom is -0.337 e. The number of aryl methyl sites for hydroxylation is 1. The second-order valence-corrected chi connectivity index (χ2v) is 6.96. The number of thioether (sulfide) groups is 1. The smallest absolute Gasteiger partial charge is 0.273 e. The van der Waals surface area contributed by atoms with Gasteiger partial charge in [-0.1, -0.05) is 11.8 Å². The molecule has 21 heavy (non-hydrogen) atoms. The molecule has 1 saturated heterocycles. The molecule has 0 unspecified atom stereocenters. The van der Waals surface area contributed by atoms with Crippen LogP contribution in [0.15, 0.2) is 9.72 Å². The molecule has 1 aliphatic rings. The van der Waals surface area contributed by atoms with E-state index in [2.05, 4.69) is 20.2 Å². The Kier molecular flexibility index (Phi) is 4.25. The fourth-order valence-corrected chi connectivity index (χ4v) is 3.73. The van der Waals surface area contributed by atoms with Crippen LogP contribution in [0.2, 0.25) is 0 Å². The number of piperidine rings is 1. The Morgan fingerprint density at radius 1 is 1.43 bits per heavy atom. The van der Waals surface area contributed by atoms with Crippen molar-refractivity contribution in [3.63, 3.8) is 0 Å². The number of rotatable bonds is 3. The molecule has 8 heteroatoms. The van der Waals surface area contributed by atoms with Crippen molar-refractivity contribution in [1.29, 1.82) is 0 Å². The zero-order valence-corrected chi connectivity index (χ0v) is 13.6. The van der Waals surface area contributed by atoms with E-state index in [0.29, 0.717) is 11.6 Å². The Hall–Kier alpha value is -1.41. The van der Waals surface area contributed by atoms with Crippen LogP contribution in [0, 0.1) is 6.92 Å². The maximum absolute atomic E-state index is 12.4. The molecule has 1 fully saturated rings. The van der Waals surface area contributed by atoms with E-state index < -0.39 is 0 Å².